The molecule has 4 heteroatoms. The minimum Gasteiger partial charge on any atom is -0.379 e. The molecule has 1 N–H and O–H groups in total. The number of rotatable bonds is 6. The number of piperidine rings is 1. The zero-order valence-electron chi connectivity index (χ0n) is 13.1. The normalized spacial score (nSPS) is 22.9. The van der Waals surface area contributed by atoms with Crippen molar-refractivity contribution in [2.45, 2.75) is 31.3 Å². The Hall–Kier alpha value is -1.39. The molecule has 0 aliphatic carbocycles. The van der Waals surface area contributed by atoms with Gasteiger partial charge in [-0.05, 0) is 45.3 Å². The largest absolute Gasteiger partial charge is 0.379 e. The summed E-state index contributed by atoms with van der Waals surface area (Å²) < 4.78 is 0. The second kappa shape index (κ2) is 7.05. The van der Waals surface area contributed by atoms with Gasteiger partial charge in [0.05, 0.1) is 0 Å². The van der Waals surface area contributed by atoms with Crippen molar-refractivity contribution in [3.8, 4) is 0 Å². The summed E-state index contributed by atoms with van der Waals surface area (Å²) in [6, 6.07) is 10.3. The van der Waals surface area contributed by atoms with Crippen molar-refractivity contribution < 1.29 is 9.90 Å². The van der Waals surface area contributed by atoms with E-state index in [2.05, 4.69) is 12.1 Å². The lowest BCUT2D eigenvalue weighted by molar-refractivity contribution is -0.158. The number of nitrogens with zero attached hydrogens (tertiary/aromatic N) is 2. The van der Waals surface area contributed by atoms with E-state index < -0.39 is 5.60 Å². The number of amides is 1. The molecule has 0 bridgehead atoms. The van der Waals surface area contributed by atoms with Crippen LogP contribution in [0.4, 0.5) is 0 Å². The second-order valence-corrected chi connectivity index (χ2v) is 6.25. The van der Waals surface area contributed by atoms with E-state index in [0.29, 0.717) is 13.0 Å². The summed E-state index contributed by atoms with van der Waals surface area (Å²) in [5.74, 6) is -0.101. The van der Waals surface area contributed by atoms with Crippen LogP contribution in [0.25, 0.3) is 0 Å². The van der Waals surface area contributed by atoms with Gasteiger partial charge < -0.3 is 14.9 Å². The predicted molar refractivity (Wildman–Crippen MR) is 84.1 cm³/mol. The van der Waals surface area contributed by atoms with Crippen molar-refractivity contribution in [2.75, 3.05) is 33.7 Å². The van der Waals surface area contributed by atoms with Crippen LogP contribution in [0.15, 0.2) is 30.3 Å². The standard InChI is InChI=1S/C17H26N2O2/c1-18(2)14-17(21)11-7-13-19(16(17)20)12-6-10-15-8-4-3-5-9-15/h3-5,8-9,21H,6-7,10-14H2,1-2H3. The van der Waals surface area contributed by atoms with Crippen LogP contribution in [-0.2, 0) is 11.2 Å². The number of hydrogen-bond donors (Lipinski definition) is 1. The van der Waals surface area contributed by atoms with Crippen LogP contribution in [0.5, 0.6) is 0 Å². The predicted octanol–water partition coefficient (Wildman–Crippen LogP) is 1.53. The van der Waals surface area contributed by atoms with Gasteiger partial charge in [0.2, 0.25) is 0 Å². The molecule has 0 saturated carbocycles. The topological polar surface area (TPSA) is 43.8 Å². The van der Waals surface area contributed by atoms with Crippen LogP contribution in [0.2, 0.25) is 0 Å². The number of aliphatic hydroxyl groups is 1. The number of hydrogen-bond acceptors (Lipinski definition) is 3. The maximum atomic E-state index is 12.5. The fourth-order valence-electron chi connectivity index (χ4n) is 3.07. The molecule has 1 unspecified atom stereocenters. The SMILES string of the molecule is CN(C)CC1(O)CCCN(CCCc2ccccc2)C1=O. The zero-order chi connectivity index (χ0) is 15.3. The van der Waals surface area contributed by atoms with E-state index >= 15 is 0 Å². The Labute approximate surface area is 127 Å². The van der Waals surface area contributed by atoms with Crippen LogP contribution in [0.3, 0.4) is 0 Å². The van der Waals surface area contributed by atoms with Crippen LogP contribution < -0.4 is 0 Å². The fraction of sp³-hybridized carbons (Fsp3) is 0.588. The average molecular weight is 290 g/mol. The average Bonchev–Trinajstić information content (AvgIpc) is 2.44. The van der Waals surface area contributed by atoms with Crippen molar-refractivity contribution in [2.24, 2.45) is 0 Å². The van der Waals surface area contributed by atoms with E-state index in [1.165, 1.54) is 5.56 Å². The lowest BCUT2D eigenvalue weighted by Gasteiger charge is -2.39. The highest BCUT2D eigenvalue weighted by Gasteiger charge is 2.42. The van der Waals surface area contributed by atoms with Crippen molar-refractivity contribution in [3.05, 3.63) is 35.9 Å². The maximum absolute atomic E-state index is 12.5. The molecule has 0 aromatic heterocycles. The molecule has 2 rings (SSSR count). The van der Waals surface area contributed by atoms with Gasteiger partial charge in [0.25, 0.3) is 5.91 Å². The minimum absolute atomic E-state index is 0.101. The lowest BCUT2D eigenvalue weighted by Crippen LogP contribution is -2.57. The smallest absolute Gasteiger partial charge is 0.255 e. The summed E-state index contributed by atoms with van der Waals surface area (Å²) in [6.45, 7) is 1.90. The third-order valence-corrected chi connectivity index (χ3v) is 4.02. The first-order valence-electron chi connectivity index (χ1n) is 7.72. The van der Waals surface area contributed by atoms with E-state index in [0.717, 1.165) is 32.4 Å². The highest BCUT2D eigenvalue weighted by atomic mass is 16.3. The van der Waals surface area contributed by atoms with Gasteiger partial charge in [-0.25, -0.2) is 0 Å². The van der Waals surface area contributed by atoms with Gasteiger partial charge in [0.1, 0.15) is 0 Å². The van der Waals surface area contributed by atoms with E-state index in [1.54, 1.807) is 0 Å². The molecule has 4 nitrogen and oxygen atoms in total. The van der Waals surface area contributed by atoms with Gasteiger partial charge in [-0.1, -0.05) is 30.3 Å². The molecule has 1 aliphatic rings. The molecule has 1 atom stereocenters. The van der Waals surface area contributed by atoms with Crippen LogP contribution in [0, 0.1) is 0 Å². The molecule has 1 fully saturated rings. The van der Waals surface area contributed by atoms with Gasteiger partial charge in [-0.3, -0.25) is 4.79 Å². The molecule has 116 valence electrons. The number of likely N-dealkylation sites (N-methyl/N-ethyl adjacent to an activating group) is 1. The Morgan fingerprint density at radius 1 is 1.29 bits per heavy atom. The molecular formula is C17H26N2O2. The second-order valence-electron chi connectivity index (χ2n) is 6.25. The lowest BCUT2D eigenvalue weighted by atomic mass is 9.91. The molecule has 1 aromatic carbocycles. The van der Waals surface area contributed by atoms with Gasteiger partial charge in [-0.15, -0.1) is 0 Å². The van der Waals surface area contributed by atoms with Crippen molar-refractivity contribution in [1.29, 1.82) is 0 Å². The van der Waals surface area contributed by atoms with Gasteiger partial charge in [0.15, 0.2) is 5.60 Å². The molecule has 1 amide bonds. The molecule has 1 aliphatic heterocycles. The van der Waals surface area contributed by atoms with Gasteiger partial charge in [-0.2, -0.15) is 0 Å². The van der Waals surface area contributed by atoms with Crippen molar-refractivity contribution >= 4 is 5.91 Å². The first-order chi connectivity index (χ1) is 10.0. The molecule has 1 heterocycles. The first kappa shape index (κ1) is 16.0. The highest BCUT2D eigenvalue weighted by Crippen LogP contribution is 2.23. The van der Waals surface area contributed by atoms with E-state index in [-0.39, 0.29) is 5.91 Å². The Bertz CT molecular complexity index is 461. The summed E-state index contributed by atoms with van der Waals surface area (Å²) in [4.78, 5) is 16.2. The Morgan fingerprint density at radius 3 is 2.67 bits per heavy atom. The third-order valence-electron chi connectivity index (χ3n) is 4.02. The van der Waals surface area contributed by atoms with Gasteiger partial charge in [0, 0.05) is 19.6 Å². The Kier molecular flexibility index (Phi) is 5.37. The molecule has 1 aromatic rings. The number of likely N-dealkylation sites (tertiary alicyclic amines) is 1. The summed E-state index contributed by atoms with van der Waals surface area (Å²) in [6.07, 6.45) is 3.35. The molecule has 0 radical (unpaired) electrons. The first-order valence-corrected chi connectivity index (χ1v) is 7.72. The minimum atomic E-state index is -1.20. The van der Waals surface area contributed by atoms with Crippen molar-refractivity contribution in [1.82, 2.24) is 9.80 Å². The fourth-order valence-corrected chi connectivity index (χ4v) is 3.07. The third kappa shape index (κ3) is 4.29. The number of carbonyl (C=O) groups is 1. The summed E-state index contributed by atoms with van der Waals surface area (Å²) in [5, 5.41) is 10.6. The van der Waals surface area contributed by atoms with Crippen molar-refractivity contribution in [3.63, 3.8) is 0 Å². The van der Waals surface area contributed by atoms with Crippen LogP contribution in [-0.4, -0.2) is 60.1 Å². The zero-order valence-corrected chi connectivity index (χ0v) is 13.1. The number of carbonyl (C=O) groups excluding carboxylic acids is 1. The Morgan fingerprint density at radius 2 is 2.00 bits per heavy atom. The van der Waals surface area contributed by atoms with E-state index in [4.69, 9.17) is 0 Å². The van der Waals surface area contributed by atoms with Gasteiger partial charge >= 0.3 is 0 Å². The molecule has 1 saturated heterocycles. The van der Waals surface area contributed by atoms with Crippen LogP contribution in [0.1, 0.15) is 24.8 Å². The maximum Gasteiger partial charge on any atom is 0.255 e. The monoisotopic (exact) mass is 290 g/mol. The summed E-state index contributed by atoms with van der Waals surface area (Å²) >= 11 is 0. The number of aryl methyl sites for hydroxylation is 1. The summed E-state index contributed by atoms with van der Waals surface area (Å²) in [5.41, 5.74) is 0.0969. The Balaban J connectivity index is 1.87. The highest BCUT2D eigenvalue weighted by molar-refractivity contribution is 5.86. The molecule has 0 spiro atoms. The van der Waals surface area contributed by atoms with Crippen LogP contribution >= 0.6 is 0 Å². The number of benzene rings is 1. The molecular weight excluding hydrogens is 264 g/mol. The summed E-state index contributed by atoms with van der Waals surface area (Å²) in [7, 11) is 3.78. The van der Waals surface area contributed by atoms with E-state index in [1.807, 2.05) is 42.1 Å². The van der Waals surface area contributed by atoms with E-state index in [9.17, 15) is 9.90 Å². The molecule has 21 heavy (non-hydrogen) atoms. The quantitative estimate of drug-likeness (QED) is 0.864.